The SMILES string of the molecule is CC(C)N1NNC2=C1c1ccccc1CN([I-]I)c1ccccc12. The first-order valence-electron chi connectivity index (χ1n) is 7.97. The predicted molar refractivity (Wildman–Crippen MR) is 103 cm³/mol. The number of hydrogen-bond acceptors (Lipinski definition) is 4. The molecule has 2 aliphatic heterocycles. The second kappa shape index (κ2) is 6.72. The molecule has 2 aromatic carbocycles. The molecular formula is C18H19I2N4-. The summed E-state index contributed by atoms with van der Waals surface area (Å²) in [7, 11) is 0. The van der Waals surface area contributed by atoms with E-state index in [1.807, 2.05) is 0 Å². The molecule has 0 saturated heterocycles. The van der Waals surface area contributed by atoms with Crippen LogP contribution in [0.3, 0.4) is 0 Å². The maximum absolute atomic E-state index is 3.44. The summed E-state index contributed by atoms with van der Waals surface area (Å²) in [6.45, 7) is 5.38. The molecule has 0 amide bonds. The van der Waals surface area contributed by atoms with Crippen LogP contribution >= 0.6 is 18.6 Å². The van der Waals surface area contributed by atoms with E-state index >= 15 is 0 Å². The zero-order valence-corrected chi connectivity index (χ0v) is 17.9. The van der Waals surface area contributed by atoms with E-state index in [1.165, 1.54) is 33.8 Å². The van der Waals surface area contributed by atoms with Gasteiger partial charge in [-0.3, -0.25) is 0 Å². The van der Waals surface area contributed by atoms with Gasteiger partial charge in [-0.05, 0) is 0 Å². The third-order valence-electron chi connectivity index (χ3n) is 4.39. The fraction of sp³-hybridized carbons (Fsp3) is 0.222. The van der Waals surface area contributed by atoms with Crippen LogP contribution in [0.1, 0.15) is 30.5 Å². The van der Waals surface area contributed by atoms with Gasteiger partial charge in [0, 0.05) is 0 Å². The monoisotopic (exact) mass is 545 g/mol. The van der Waals surface area contributed by atoms with Crippen molar-refractivity contribution >= 4 is 35.7 Å². The maximum atomic E-state index is 3.44. The molecule has 0 fully saturated rings. The summed E-state index contributed by atoms with van der Waals surface area (Å²) in [5.74, 6) is 0. The molecule has 0 aliphatic carbocycles. The number of halogens is 2. The van der Waals surface area contributed by atoms with Crippen LogP contribution in [-0.2, 0) is 6.54 Å². The Hall–Kier alpha value is -1.00. The summed E-state index contributed by atoms with van der Waals surface area (Å²) in [5, 5.41) is 2.24. The van der Waals surface area contributed by atoms with Crippen LogP contribution < -0.4 is 31.6 Å². The minimum absolute atomic E-state index is 0.0826. The molecule has 0 bridgehead atoms. The predicted octanol–water partition coefficient (Wildman–Crippen LogP) is 0.920. The number of para-hydroxylation sites is 1. The van der Waals surface area contributed by atoms with E-state index in [0.29, 0.717) is 6.04 Å². The summed E-state index contributed by atoms with van der Waals surface area (Å²) >= 11 is 2.48. The van der Waals surface area contributed by atoms with Crippen molar-refractivity contribution in [2.75, 3.05) is 3.11 Å². The standard InChI is InChI=1S/C18H19I2N4/c1-12(2)24-18-14-8-4-3-7-13(14)11-23(20-19)16-10-6-5-9-15(16)17(18)21-22-24/h3-10,12,21-22H,11H2,1-2H3/q-1. The molecule has 2 aliphatic rings. The van der Waals surface area contributed by atoms with E-state index in [4.69, 9.17) is 0 Å². The van der Waals surface area contributed by atoms with Gasteiger partial charge < -0.3 is 0 Å². The Morgan fingerprint density at radius 3 is 2.50 bits per heavy atom. The fourth-order valence-corrected chi connectivity index (χ4v) is 6.57. The summed E-state index contributed by atoms with van der Waals surface area (Å²) in [6, 6.07) is 17.9. The molecule has 4 nitrogen and oxygen atoms in total. The number of rotatable bonds is 2. The molecule has 2 aromatic rings. The molecule has 2 N–H and O–H groups in total. The summed E-state index contributed by atoms with van der Waals surface area (Å²) in [6.07, 6.45) is 0. The second-order valence-electron chi connectivity index (χ2n) is 6.18. The Bertz CT molecular complexity index is 803. The van der Waals surface area contributed by atoms with Crippen LogP contribution in [0.15, 0.2) is 48.5 Å². The van der Waals surface area contributed by atoms with Gasteiger partial charge in [0.2, 0.25) is 0 Å². The first-order chi connectivity index (χ1) is 11.7. The molecule has 0 saturated carbocycles. The number of benzene rings is 2. The normalized spacial score (nSPS) is 16.5. The molecule has 4 rings (SSSR count). The molecule has 0 radical (unpaired) electrons. The van der Waals surface area contributed by atoms with Gasteiger partial charge in [-0.15, -0.1) is 0 Å². The molecule has 6 heteroatoms. The summed E-state index contributed by atoms with van der Waals surface area (Å²) in [5.41, 5.74) is 14.5. The van der Waals surface area contributed by atoms with Crippen molar-refractivity contribution in [2.24, 2.45) is 0 Å². The number of nitrogens with one attached hydrogen (secondary N) is 2. The summed E-state index contributed by atoms with van der Waals surface area (Å²) < 4.78 is 2.54. The zero-order valence-electron chi connectivity index (χ0n) is 13.6. The van der Waals surface area contributed by atoms with Crippen LogP contribution in [0.4, 0.5) is 5.69 Å². The van der Waals surface area contributed by atoms with Crippen LogP contribution in [0.25, 0.3) is 11.4 Å². The van der Waals surface area contributed by atoms with E-state index in [1.54, 1.807) is 0 Å². The van der Waals surface area contributed by atoms with Crippen molar-refractivity contribution < 1.29 is 17.5 Å². The summed E-state index contributed by atoms with van der Waals surface area (Å²) in [4.78, 5) is 0. The Kier molecular flexibility index (Phi) is 4.61. The molecule has 2 heterocycles. The van der Waals surface area contributed by atoms with E-state index in [0.717, 1.165) is 6.54 Å². The first-order valence-corrected chi connectivity index (χ1v) is 15.2. The Morgan fingerprint density at radius 2 is 1.75 bits per heavy atom. The van der Waals surface area contributed by atoms with E-state index in [9.17, 15) is 0 Å². The Balaban J connectivity index is 2.02. The molecule has 126 valence electrons. The Morgan fingerprint density at radius 1 is 1.04 bits per heavy atom. The second-order valence-corrected chi connectivity index (χ2v) is 10.2. The van der Waals surface area contributed by atoms with Gasteiger partial charge >= 0.3 is 164 Å². The van der Waals surface area contributed by atoms with Gasteiger partial charge in [0.05, 0.1) is 0 Å². The minimum atomic E-state index is -0.0826. The van der Waals surface area contributed by atoms with Crippen LogP contribution in [-0.4, -0.2) is 11.1 Å². The van der Waals surface area contributed by atoms with E-state index < -0.39 is 0 Å². The first kappa shape index (κ1) is 16.5. The average molecular weight is 545 g/mol. The third kappa shape index (κ3) is 2.68. The number of anilines is 1. The van der Waals surface area contributed by atoms with Gasteiger partial charge in [0.15, 0.2) is 0 Å². The molecule has 0 atom stereocenters. The topological polar surface area (TPSA) is 30.5 Å². The van der Waals surface area contributed by atoms with Crippen molar-refractivity contribution in [3.8, 4) is 0 Å². The number of nitrogens with zero attached hydrogens (tertiary/aromatic N) is 2. The molecular weight excluding hydrogens is 526 g/mol. The third-order valence-corrected chi connectivity index (χ3v) is 8.64. The molecule has 0 aromatic heterocycles. The van der Waals surface area contributed by atoms with Crippen molar-refractivity contribution in [3.63, 3.8) is 0 Å². The van der Waals surface area contributed by atoms with Crippen molar-refractivity contribution in [2.45, 2.75) is 26.4 Å². The van der Waals surface area contributed by atoms with Crippen LogP contribution in [0.5, 0.6) is 0 Å². The van der Waals surface area contributed by atoms with E-state index in [2.05, 4.69) is 100 Å². The zero-order chi connectivity index (χ0) is 16.7. The molecule has 0 spiro atoms. The number of hydrogen-bond donors (Lipinski definition) is 2. The quantitative estimate of drug-likeness (QED) is 0.435. The van der Waals surface area contributed by atoms with Crippen molar-refractivity contribution in [1.29, 1.82) is 0 Å². The molecule has 0 unspecified atom stereocenters. The van der Waals surface area contributed by atoms with Gasteiger partial charge in [-0.2, -0.15) is 0 Å². The van der Waals surface area contributed by atoms with Crippen molar-refractivity contribution in [1.82, 2.24) is 16.0 Å². The Labute approximate surface area is 163 Å². The van der Waals surface area contributed by atoms with Gasteiger partial charge in [-0.25, -0.2) is 0 Å². The van der Waals surface area contributed by atoms with Crippen molar-refractivity contribution in [3.05, 3.63) is 65.2 Å². The number of fused-ring (bicyclic) bond motifs is 4. The van der Waals surface area contributed by atoms with Crippen LogP contribution in [0.2, 0.25) is 0 Å². The molecule has 24 heavy (non-hydrogen) atoms. The van der Waals surface area contributed by atoms with Crippen LogP contribution in [0, 0.1) is 0 Å². The van der Waals surface area contributed by atoms with Gasteiger partial charge in [0.1, 0.15) is 0 Å². The van der Waals surface area contributed by atoms with E-state index in [-0.39, 0.29) is 17.5 Å². The van der Waals surface area contributed by atoms with Gasteiger partial charge in [-0.1, -0.05) is 0 Å². The number of hydrazine groups is 2. The van der Waals surface area contributed by atoms with Gasteiger partial charge in [0.25, 0.3) is 0 Å². The fourth-order valence-electron chi connectivity index (χ4n) is 3.28. The average Bonchev–Trinajstić information content (AvgIpc) is 3.03.